The van der Waals surface area contributed by atoms with E-state index in [-0.39, 0.29) is 24.0 Å². The molecular weight excluding hydrogens is 376 g/mol. The number of aryl methyl sites for hydroxylation is 2. The number of aliphatic hydroxyl groups excluding tert-OH is 2. The van der Waals surface area contributed by atoms with Crippen LogP contribution in [0.25, 0.3) is 10.9 Å². The minimum atomic E-state index is -3.72. The van der Waals surface area contributed by atoms with Crippen molar-refractivity contribution in [3.05, 3.63) is 65.9 Å². The normalized spacial score (nSPS) is 11.9. The Morgan fingerprint density at radius 2 is 1.71 bits per heavy atom. The van der Waals surface area contributed by atoms with E-state index in [4.69, 9.17) is 0 Å². The zero-order chi connectivity index (χ0) is 20.1. The van der Waals surface area contributed by atoms with Gasteiger partial charge in [0.15, 0.2) is 0 Å². The van der Waals surface area contributed by atoms with Crippen molar-refractivity contribution in [2.45, 2.75) is 24.7 Å². The van der Waals surface area contributed by atoms with Gasteiger partial charge < -0.3 is 10.2 Å². The van der Waals surface area contributed by atoms with Gasteiger partial charge in [-0.15, -0.1) is 0 Å². The van der Waals surface area contributed by atoms with Crippen LogP contribution in [0.5, 0.6) is 0 Å². The SMILES string of the molecule is Cc1ccc(S(=O)(=O)Nc2cccc3ccc(CCC(CO)CO)nc23)cc1. The molecule has 6 nitrogen and oxygen atoms in total. The molecule has 2 aromatic carbocycles. The van der Waals surface area contributed by atoms with Gasteiger partial charge >= 0.3 is 0 Å². The van der Waals surface area contributed by atoms with Gasteiger partial charge in [-0.2, -0.15) is 0 Å². The van der Waals surface area contributed by atoms with Crippen LogP contribution in [-0.4, -0.2) is 36.8 Å². The monoisotopic (exact) mass is 400 g/mol. The van der Waals surface area contributed by atoms with Crippen molar-refractivity contribution in [3.8, 4) is 0 Å². The molecule has 1 heterocycles. The average molecular weight is 401 g/mol. The number of anilines is 1. The van der Waals surface area contributed by atoms with Gasteiger partial charge in [-0.25, -0.2) is 8.42 Å². The third-order valence-corrected chi connectivity index (χ3v) is 6.06. The molecule has 0 unspecified atom stereocenters. The zero-order valence-corrected chi connectivity index (χ0v) is 16.5. The number of fused-ring (bicyclic) bond motifs is 1. The van der Waals surface area contributed by atoms with Gasteiger partial charge in [-0.1, -0.05) is 35.9 Å². The lowest BCUT2D eigenvalue weighted by atomic mass is 10.0. The molecule has 0 aliphatic carbocycles. The summed E-state index contributed by atoms with van der Waals surface area (Å²) < 4.78 is 28.1. The fraction of sp³-hybridized carbons (Fsp3) is 0.286. The van der Waals surface area contributed by atoms with Crippen LogP contribution in [0.15, 0.2) is 59.5 Å². The fourth-order valence-corrected chi connectivity index (χ4v) is 3.99. The second-order valence-corrected chi connectivity index (χ2v) is 8.55. The van der Waals surface area contributed by atoms with Crippen molar-refractivity contribution in [3.63, 3.8) is 0 Å². The van der Waals surface area contributed by atoms with Crippen molar-refractivity contribution in [1.29, 1.82) is 0 Å². The number of sulfonamides is 1. The highest BCUT2D eigenvalue weighted by atomic mass is 32.2. The highest BCUT2D eigenvalue weighted by Gasteiger charge is 2.16. The van der Waals surface area contributed by atoms with Crippen molar-refractivity contribution in [1.82, 2.24) is 4.98 Å². The summed E-state index contributed by atoms with van der Waals surface area (Å²) >= 11 is 0. The Labute approximate surface area is 164 Å². The number of para-hydroxylation sites is 1. The molecule has 0 radical (unpaired) electrons. The molecule has 0 fully saturated rings. The number of benzene rings is 2. The number of hydrogen-bond acceptors (Lipinski definition) is 5. The third-order valence-electron chi connectivity index (χ3n) is 4.68. The number of aliphatic hydroxyl groups is 2. The topological polar surface area (TPSA) is 99.5 Å². The number of pyridine rings is 1. The number of nitrogens with zero attached hydrogens (tertiary/aromatic N) is 1. The first kappa shape index (κ1) is 20.3. The first-order valence-corrected chi connectivity index (χ1v) is 10.6. The maximum Gasteiger partial charge on any atom is 0.261 e. The molecule has 0 saturated carbocycles. The predicted molar refractivity (Wildman–Crippen MR) is 110 cm³/mol. The van der Waals surface area contributed by atoms with Crippen molar-refractivity contribution >= 4 is 26.6 Å². The number of hydrogen-bond donors (Lipinski definition) is 3. The summed E-state index contributed by atoms with van der Waals surface area (Å²) in [6.45, 7) is 1.75. The summed E-state index contributed by atoms with van der Waals surface area (Å²) in [5.74, 6) is -0.187. The lowest BCUT2D eigenvalue weighted by molar-refractivity contribution is 0.144. The van der Waals surface area contributed by atoms with E-state index in [0.29, 0.717) is 24.0 Å². The summed E-state index contributed by atoms with van der Waals surface area (Å²) in [6.07, 6.45) is 1.18. The molecule has 3 rings (SSSR count). The van der Waals surface area contributed by atoms with Crippen LogP contribution in [0.2, 0.25) is 0 Å². The molecular formula is C21H24N2O4S. The number of rotatable bonds is 8. The molecule has 0 atom stereocenters. The van der Waals surface area contributed by atoms with Gasteiger partial charge in [-0.3, -0.25) is 9.71 Å². The van der Waals surface area contributed by atoms with Crippen LogP contribution < -0.4 is 4.72 Å². The second-order valence-electron chi connectivity index (χ2n) is 6.87. The Hall–Kier alpha value is -2.48. The van der Waals surface area contributed by atoms with Gasteiger partial charge in [0.2, 0.25) is 0 Å². The van der Waals surface area contributed by atoms with Crippen LogP contribution >= 0.6 is 0 Å². The standard InChI is InChI=1S/C21H24N2O4S/c1-15-5-11-19(12-6-15)28(26,27)23-20-4-2-3-17-8-10-18(22-21(17)20)9-7-16(13-24)14-25/h2-6,8,10-12,16,23-25H,7,9,13-14H2,1H3. The summed E-state index contributed by atoms with van der Waals surface area (Å²) in [4.78, 5) is 4.81. The maximum absolute atomic E-state index is 12.7. The molecule has 7 heteroatoms. The van der Waals surface area contributed by atoms with Crippen LogP contribution in [0.3, 0.4) is 0 Å². The second kappa shape index (κ2) is 8.68. The first-order valence-electron chi connectivity index (χ1n) is 9.13. The summed E-state index contributed by atoms with van der Waals surface area (Å²) in [7, 11) is -3.72. The van der Waals surface area contributed by atoms with Gasteiger partial charge in [0, 0.05) is 30.2 Å². The smallest absolute Gasteiger partial charge is 0.261 e. The van der Waals surface area contributed by atoms with Gasteiger partial charge in [-0.05, 0) is 44.0 Å². The highest BCUT2D eigenvalue weighted by Crippen LogP contribution is 2.25. The highest BCUT2D eigenvalue weighted by molar-refractivity contribution is 7.92. The Balaban J connectivity index is 1.90. The van der Waals surface area contributed by atoms with E-state index in [9.17, 15) is 18.6 Å². The van der Waals surface area contributed by atoms with Gasteiger partial charge in [0.05, 0.1) is 16.1 Å². The number of aromatic nitrogens is 1. The summed E-state index contributed by atoms with van der Waals surface area (Å²) in [5, 5.41) is 19.3. The molecule has 148 valence electrons. The Bertz CT molecular complexity index is 1050. The fourth-order valence-electron chi connectivity index (χ4n) is 2.92. The van der Waals surface area contributed by atoms with Crippen molar-refractivity contribution in [2.75, 3.05) is 17.9 Å². The summed E-state index contributed by atoms with van der Waals surface area (Å²) in [5.41, 5.74) is 2.75. The van der Waals surface area contributed by atoms with Crippen molar-refractivity contribution < 1.29 is 18.6 Å². The van der Waals surface area contributed by atoms with Crippen molar-refractivity contribution in [2.24, 2.45) is 5.92 Å². The molecule has 3 N–H and O–H groups in total. The Morgan fingerprint density at radius 1 is 1.00 bits per heavy atom. The molecule has 3 aromatic rings. The molecule has 1 aromatic heterocycles. The van der Waals surface area contributed by atoms with Crippen LogP contribution in [0.4, 0.5) is 5.69 Å². The largest absolute Gasteiger partial charge is 0.396 e. The van der Waals surface area contributed by atoms with E-state index in [0.717, 1.165) is 16.6 Å². The van der Waals surface area contributed by atoms with Crippen LogP contribution in [-0.2, 0) is 16.4 Å². The quantitative estimate of drug-likeness (QED) is 0.540. The molecule has 0 aliphatic heterocycles. The third kappa shape index (κ3) is 4.67. The minimum absolute atomic E-state index is 0.0777. The molecule has 0 amide bonds. The molecule has 0 spiro atoms. The molecule has 0 bridgehead atoms. The summed E-state index contributed by atoms with van der Waals surface area (Å²) in [6, 6.07) is 15.8. The minimum Gasteiger partial charge on any atom is -0.396 e. The number of nitrogens with one attached hydrogen (secondary N) is 1. The van der Waals surface area contributed by atoms with Crippen LogP contribution in [0, 0.1) is 12.8 Å². The molecule has 0 aliphatic rings. The van der Waals surface area contributed by atoms with E-state index in [1.807, 2.05) is 25.1 Å². The van der Waals surface area contributed by atoms with E-state index in [1.165, 1.54) is 0 Å². The van der Waals surface area contributed by atoms with E-state index in [2.05, 4.69) is 9.71 Å². The van der Waals surface area contributed by atoms with Gasteiger partial charge in [0.1, 0.15) is 0 Å². The van der Waals surface area contributed by atoms with Crippen LogP contribution in [0.1, 0.15) is 17.7 Å². The average Bonchev–Trinajstić information content (AvgIpc) is 2.69. The lowest BCUT2D eigenvalue weighted by Crippen LogP contribution is -2.14. The molecule has 28 heavy (non-hydrogen) atoms. The Morgan fingerprint density at radius 3 is 2.39 bits per heavy atom. The van der Waals surface area contributed by atoms with E-state index >= 15 is 0 Å². The zero-order valence-electron chi connectivity index (χ0n) is 15.7. The first-order chi connectivity index (χ1) is 13.4. The lowest BCUT2D eigenvalue weighted by Gasteiger charge is -2.13. The van der Waals surface area contributed by atoms with E-state index < -0.39 is 10.0 Å². The van der Waals surface area contributed by atoms with E-state index in [1.54, 1.807) is 36.4 Å². The predicted octanol–water partition coefficient (Wildman–Crippen LogP) is 2.88. The maximum atomic E-state index is 12.7. The molecule has 0 saturated heterocycles. The Kier molecular flexibility index (Phi) is 6.28. The van der Waals surface area contributed by atoms with Gasteiger partial charge in [0.25, 0.3) is 10.0 Å².